The minimum Gasteiger partial charge on any atom is -0.508 e. The molecule has 1 rings (SSSR count). The maximum absolute atomic E-state index is 11.4. The van der Waals surface area contributed by atoms with Crippen LogP contribution in [0.3, 0.4) is 0 Å². The Balaban J connectivity index is 0.00000256. The number of nitrogens with two attached hydrogens (primary N) is 1. The van der Waals surface area contributed by atoms with Crippen LogP contribution in [-0.2, 0) is 4.79 Å². The van der Waals surface area contributed by atoms with Crippen molar-refractivity contribution in [2.75, 3.05) is 12.3 Å². The number of benzene rings is 1. The number of phenolic OH excluding ortho intramolecular Hbond substituents is 1. The molecular weight excluding hydrogens is 260 g/mol. The van der Waals surface area contributed by atoms with Gasteiger partial charge in [0.15, 0.2) is 0 Å². The lowest BCUT2D eigenvalue weighted by atomic mass is 10.3. The van der Waals surface area contributed by atoms with Crippen LogP contribution in [0.25, 0.3) is 0 Å². The number of carbonyl (C=O) groups is 1. The quantitative estimate of drug-likeness (QED) is 0.710. The van der Waals surface area contributed by atoms with Gasteiger partial charge in [-0.3, -0.25) is 4.79 Å². The molecule has 0 saturated heterocycles. The molecule has 1 aromatic rings. The highest BCUT2D eigenvalue weighted by Gasteiger charge is 2.06. The number of phenols is 1. The first-order valence-electron chi connectivity index (χ1n) is 5.03. The summed E-state index contributed by atoms with van der Waals surface area (Å²) in [6.45, 7) is 2.30. The van der Waals surface area contributed by atoms with Crippen LogP contribution < -0.4 is 11.1 Å². The molecule has 0 spiro atoms. The van der Waals surface area contributed by atoms with E-state index in [9.17, 15) is 4.79 Å². The molecule has 4 nitrogen and oxygen atoms in total. The number of carbonyl (C=O) groups excluding carboxylic acids is 1. The van der Waals surface area contributed by atoms with Crippen LogP contribution >= 0.6 is 24.2 Å². The number of hydrogen-bond acceptors (Lipinski definition) is 4. The third-order valence-corrected chi connectivity index (χ3v) is 2.98. The molecule has 0 saturated carbocycles. The number of thioether (sulfide) groups is 1. The van der Waals surface area contributed by atoms with Crippen LogP contribution in [0.2, 0.25) is 0 Å². The number of rotatable bonds is 5. The van der Waals surface area contributed by atoms with Gasteiger partial charge in [0.2, 0.25) is 5.91 Å². The van der Waals surface area contributed by atoms with E-state index in [1.54, 1.807) is 24.3 Å². The predicted octanol–water partition coefficient (Wildman–Crippen LogP) is 1.37. The molecule has 0 aliphatic heterocycles. The third-order valence-electron chi connectivity index (χ3n) is 1.97. The molecule has 4 N–H and O–H groups in total. The van der Waals surface area contributed by atoms with Crippen molar-refractivity contribution in [3.8, 4) is 5.75 Å². The maximum atomic E-state index is 11.4. The van der Waals surface area contributed by atoms with E-state index in [-0.39, 0.29) is 30.1 Å². The van der Waals surface area contributed by atoms with Gasteiger partial charge in [-0.15, -0.1) is 24.2 Å². The van der Waals surface area contributed by atoms with Crippen molar-refractivity contribution in [3.63, 3.8) is 0 Å². The summed E-state index contributed by atoms with van der Waals surface area (Å²) >= 11 is 1.43. The highest BCUT2D eigenvalue weighted by atomic mass is 35.5. The Morgan fingerprint density at radius 2 is 2.06 bits per heavy atom. The SMILES string of the molecule is C[C@@H](CN)NC(=O)CSc1ccc(O)cc1.Cl. The summed E-state index contributed by atoms with van der Waals surface area (Å²) in [7, 11) is 0. The van der Waals surface area contributed by atoms with E-state index in [0.29, 0.717) is 12.3 Å². The van der Waals surface area contributed by atoms with Gasteiger partial charge in [0.05, 0.1) is 5.75 Å². The molecule has 6 heteroatoms. The van der Waals surface area contributed by atoms with Crippen molar-refractivity contribution in [1.29, 1.82) is 0 Å². The summed E-state index contributed by atoms with van der Waals surface area (Å²) in [5.41, 5.74) is 5.39. The van der Waals surface area contributed by atoms with Crippen LogP contribution in [0.1, 0.15) is 6.92 Å². The Morgan fingerprint density at radius 3 is 2.59 bits per heavy atom. The van der Waals surface area contributed by atoms with E-state index in [4.69, 9.17) is 10.8 Å². The molecule has 1 amide bonds. The monoisotopic (exact) mass is 276 g/mol. The molecule has 96 valence electrons. The maximum Gasteiger partial charge on any atom is 0.230 e. The summed E-state index contributed by atoms with van der Waals surface area (Å²) in [5.74, 6) is 0.552. The number of hydrogen-bond donors (Lipinski definition) is 3. The smallest absolute Gasteiger partial charge is 0.230 e. The predicted molar refractivity (Wildman–Crippen MR) is 72.7 cm³/mol. The molecule has 0 unspecified atom stereocenters. The minimum atomic E-state index is -0.0315. The molecule has 1 atom stereocenters. The Kier molecular flexibility index (Phi) is 7.78. The van der Waals surface area contributed by atoms with Gasteiger partial charge >= 0.3 is 0 Å². The zero-order valence-electron chi connectivity index (χ0n) is 9.55. The highest BCUT2D eigenvalue weighted by Crippen LogP contribution is 2.20. The first-order valence-corrected chi connectivity index (χ1v) is 6.01. The summed E-state index contributed by atoms with van der Waals surface area (Å²) in [5, 5.41) is 11.9. The van der Waals surface area contributed by atoms with E-state index in [1.165, 1.54) is 11.8 Å². The fourth-order valence-electron chi connectivity index (χ4n) is 1.07. The molecule has 0 radical (unpaired) electrons. The van der Waals surface area contributed by atoms with Crippen LogP contribution in [0.4, 0.5) is 0 Å². The first-order chi connectivity index (χ1) is 7.61. The van der Waals surface area contributed by atoms with Crippen molar-refractivity contribution in [3.05, 3.63) is 24.3 Å². The molecule has 0 aliphatic rings. The van der Waals surface area contributed by atoms with Crippen LogP contribution in [-0.4, -0.2) is 29.4 Å². The summed E-state index contributed by atoms with van der Waals surface area (Å²) in [6, 6.07) is 6.76. The second kappa shape index (κ2) is 8.22. The standard InChI is InChI=1S/C11H16N2O2S.ClH/c1-8(6-12)13-11(15)7-16-10-4-2-9(14)3-5-10;/h2-5,8,14H,6-7,12H2,1H3,(H,13,15);1H/t8-;/m0./s1. The number of nitrogens with one attached hydrogen (secondary N) is 1. The second-order valence-electron chi connectivity index (χ2n) is 3.49. The van der Waals surface area contributed by atoms with Crippen LogP contribution in [0.5, 0.6) is 5.75 Å². The van der Waals surface area contributed by atoms with E-state index in [0.717, 1.165) is 4.90 Å². The average Bonchev–Trinajstić information content (AvgIpc) is 2.28. The average molecular weight is 277 g/mol. The molecule has 0 heterocycles. The van der Waals surface area contributed by atoms with Crippen LogP contribution in [0, 0.1) is 0 Å². The number of halogens is 1. The Labute approximate surface area is 111 Å². The number of aromatic hydroxyl groups is 1. The molecule has 0 aromatic heterocycles. The van der Waals surface area contributed by atoms with Crippen molar-refractivity contribution in [1.82, 2.24) is 5.32 Å². The van der Waals surface area contributed by atoms with E-state index >= 15 is 0 Å². The third kappa shape index (κ3) is 6.41. The summed E-state index contributed by atoms with van der Waals surface area (Å²) in [4.78, 5) is 12.4. The summed E-state index contributed by atoms with van der Waals surface area (Å²) < 4.78 is 0. The van der Waals surface area contributed by atoms with Crippen molar-refractivity contribution >= 4 is 30.1 Å². The van der Waals surface area contributed by atoms with Crippen molar-refractivity contribution in [2.24, 2.45) is 5.73 Å². The van der Waals surface area contributed by atoms with Gasteiger partial charge in [-0.1, -0.05) is 0 Å². The van der Waals surface area contributed by atoms with E-state index < -0.39 is 0 Å². The Morgan fingerprint density at radius 1 is 1.47 bits per heavy atom. The second-order valence-corrected chi connectivity index (χ2v) is 4.54. The lowest BCUT2D eigenvalue weighted by Gasteiger charge is -2.10. The molecule has 0 fully saturated rings. The van der Waals surface area contributed by atoms with Gasteiger partial charge in [-0.2, -0.15) is 0 Å². The van der Waals surface area contributed by atoms with Gasteiger partial charge in [-0.25, -0.2) is 0 Å². The van der Waals surface area contributed by atoms with Gasteiger partial charge in [-0.05, 0) is 31.2 Å². The van der Waals surface area contributed by atoms with Crippen molar-refractivity contribution < 1.29 is 9.90 Å². The summed E-state index contributed by atoms with van der Waals surface area (Å²) in [6.07, 6.45) is 0. The molecule has 1 aromatic carbocycles. The first kappa shape index (κ1) is 16.1. The fourth-order valence-corrected chi connectivity index (χ4v) is 1.78. The molecule has 17 heavy (non-hydrogen) atoms. The topological polar surface area (TPSA) is 75.3 Å². The molecule has 0 bridgehead atoms. The van der Waals surface area contributed by atoms with E-state index in [1.807, 2.05) is 6.92 Å². The normalized spacial score (nSPS) is 11.4. The lowest BCUT2D eigenvalue weighted by Crippen LogP contribution is -2.38. The Bertz CT molecular complexity index is 346. The zero-order chi connectivity index (χ0) is 12.0. The largest absolute Gasteiger partial charge is 0.508 e. The highest BCUT2D eigenvalue weighted by molar-refractivity contribution is 8.00. The van der Waals surface area contributed by atoms with Gasteiger partial charge < -0.3 is 16.2 Å². The Hall–Kier alpha value is -0.910. The van der Waals surface area contributed by atoms with Crippen molar-refractivity contribution in [2.45, 2.75) is 17.9 Å². The van der Waals surface area contributed by atoms with Crippen LogP contribution in [0.15, 0.2) is 29.2 Å². The minimum absolute atomic E-state index is 0. The molecular formula is C11H17ClN2O2S. The number of amides is 1. The van der Waals surface area contributed by atoms with E-state index in [2.05, 4.69) is 5.32 Å². The fraction of sp³-hybridized carbons (Fsp3) is 0.364. The molecule has 0 aliphatic carbocycles. The van der Waals surface area contributed by atoms with Gasteiger partial charge in [0.1, 0.15) is 5.75 Å². The van der Waals surface area contributed by atoms with Gasteiger partial charge in [0.25, 0.3) is 0 Å². The zero-order valence-corrected chi connectivity index (χ0v) is 11.2. The van der Waals surface area contributed by atoms with Gasteiger partial charge in [0, 0.05) is 17.5 Å². The lowest BCUT2D eigenvalue weighted by molar-refractivity contribution is -0.119.